The number of alkyl halides is 3. The van der Waals surface area contributed by atoms with Crippen LogP contribution in [0.3, 0.4) is 0 Å². The minimum absolute atomic E-state index is 0.106. The molecule has 0 unspecified atom stereocenters. The Morgan fingerprint density at radius 3 is 2.49 bits per heavy atom. The van der Waals surface area contributed by atoms with Crippen LogP contribution in [0.15, 0.2) is 67.3 Å². The molecule has 0 amide bonds. The van der Waals surface area contributed by atoms with Gasteiger partial charge in [-0.25, -0.2) is 14.5 Å². The van der Waals surface area contributed by atoms with E-state index in [1.165, 1.54) is 29.3 Å². The van der Waals surface area contributed by atoms with E-state index in [2.05, 4.69) is 25.3 Å². The maximum atomic E-state index is 13.8. The van der Waals surface area contributed by atoms with Gasteiger partial charge in [0.15, 0.2) is 16.6 Å². The Hall–Kier alpha value is -4.16. The highest BCUT2D eigenvalue weighted by molar-refractivity contribution is 6.29. The molecule has 0 aliphatic heterocycles. The summed E-state index contributed by atoms with van der Waals surface area (Å²) in [6.07, 6.45) is -0.367. The summed E-state index contributed by atoms with van der Waals surface area (Å²) >= 11 is 6.11. The second-order valence-corrected chi connectivity index (χ2v) is 9.16. The average molecular weight is 556 g/mol. The number of fused-ring (bicyclic) bond motifs is 1. The van der Waals surface area contributed by atoms with E-state index in [0.29, 0.717) is 23.5 Å². The van der Waals surface area contributed by atoms with Crippen LogP contribution in [0.1, 0.15) is 41.0 Å². The Labute approximate surface area is 225 Å². The largest absolute Gasteiger partial charge is 0.420 e. The average Bonchev–Trinajstić information content (AvgIpc) is 3.56. The van der Waals surface area contributed by atoms with Crippen molar-refractivity contribution in [3.8, 4) is 5.82 Å². The lowest BCUT2D eigenvalue weighted by molar-refractivity contribution is -0.138. The predicted molar refractivity (Wildman–Crippen MR) is 134 cm³/mol. The van der Waals surface area contributed by atoms with Gasteiger partial charge in [0, 0.05) is 36.9 Å². The summed E-state index contributed by atoms with van der Waals surface area (Å²) in [4.78, 5) is 22.1. The van der Waals surface area contributed by atoms with E-state index in [0.717, 1.165) is 16.4 Å². The predicted octanol–water partition coefficient (Wildman–Crippen LogP) is 5.01. The van der Waals surface area contributed by atoms with Crippen LogP contribution in [0, 0.1) is 0 Å². The van der Waals surface area contributed by atoms with E-state index in [1.54, 1.807) is 6.07 Å². The second kappa shape index (κ2) is 10.9. The molecule has 0 saturated carbocycles. The zero-order valence-electron chi connectivity index (χ0n) is 20.5. The number of Topliss-reactive ketones (excluding diaryl/α,β-unsaturated/α-hetero) is 1. The molecule has 1 atom stereocenters. The van der Waals surface area contributed by atoms with Crippen molar-refractivity contribution in [1.82, 2.24) is 34.6 Å². The molecule has 39 heavy (non-hydrogen) atoms. The number of ketones is 1. The van der Waals surface area contributed by atoms with Crippen LogP contribution in [0.2, 0.25) is 5.15 Å². The first-order valence-corrected chi connectivity index (χ1v) is 12.2. The molecule has 5 aromatic rings. The summed E-state index contributed by atoms with van der Waals surface area (Å²) in [6.45, 7) is 2.14. The Bertz CT molecular complexity index is 1610. The van der Waals surface area contributed by atoms with Crippen molar-refractivity contribution in [2.75, 3.05) is 0 Å². The molecule has 4 aromatic heterocycles. The van der Waals surface area contributed by atoms with Crippen molar-refractivity contribution in [2.24, 2.45) is 0 Å². The third-order valence-corrected chi connectivity index (χ3v) is 6.11. The lowest BCUT2D eigenvalue weighted by Crippen LogP contribution is -2.17. The van der Waals surface area contributed by atoms with Crippen LogP contribution in [-0.4, -0.2) is 40.4 Å². The van der Waals surface area contributed by atoms with Gasteiger partial charge in [0.2, 0.25) is 0 Å². The number of pyridine rings is 1. The van der Waals surface area contributed by atoms with Gasteiger partial charge in [-0.1, -0.05) is 41.9 Å². The number of carbonyl (C=O) groups is 1. The molecule has 0 N–H and O–H groups in total. The highest BCUT2D eigenvalue weighted by Crippen LogP contribution is 2.33. The Morgan fingerprint density at radius 1 is 1.03 bits per heavy atom. The lowest BCUT2D eigenvalue weighted by atomic mass is 10.0. The highest BCUT2D eigenvalue weighted by atomic mass is 35.5. The summed E-state index contributed by atoms with van der Waals surface area (Å²) < 4.78 is 48.9. The molecule has 0 bridgehead atoms. The van der Waals surface area contributed by atoms with Crippen molar-refractivity contribution in [3.63, 3.8) is 0 Å². The van der Waals surface area contributed by atoms with Crippen molar-refractivity contribution in [3.05, 3.63) is 100 Å². The minimum atomic E-state index is -4.72. The SMILES string of the molecule is C[C@@H](OCc1ccccc1)c1c(CC(=O)Cc2cnc(-n3nccn3)c(C(F)(F)F)c2)cnc2cc(Cl)nn12. The second-order valence-electron chi connectivity index (χ2n) is 8.77. The first-order chi connectivity index (χ1) is 18.7. The molecule has 5 rings (SSSR count). The van der Waals surface area contributed by atoms with Crippen LogP contribution < -0.4 is 0 Å². The van der Waals surface area contributed by atoms with Crippen molar-refractivity contribution < 1.29 is 22.7 Å². The quantitative estimate of drug-likeness (QED) is 0.252. The normalized spacial score (nSPS) is 12.6. The minimum Gasteiger partial charge on any atom is -0.368 e. The van der Waals surface area contributed by atoms with E-state index in [4.69, 9.17) is 16.3 Å². The van der Waals surface area contributed by atoms with Gasteiger partial charge in [-0.05, 0) is 24.1 Å². The molecule has 4 heterocycles. The van der Waals surface area contributed by atoms with Crippen molar-refractivity contribution in [2.45, 2.75) is 38.7 Å². The third kappa shape index (κ3) is 5.96. The zero-order chi connectivity index (χ0) is 27.6. The fraction of sp³-hybridized carbons (Fsp3) is 0.231. The number of nitrogens with zero attached hydrogens (tertiary/aromatic N) is 7. The molecule has 0 radical (unpaired) electrons. The molecule has 9 nitrogen and oxygen atoms in total. The smallest absolute Gasteiger partial charge is 0.368 e. The number of benzene rings is 1. The topological polar surface area (TPSA) is 100 Å². The van der Waals surface area contributed by atoms with Crippen LogP contribution in [0.4, 0.5) is 13.2 Å². The number of rotatable bonds is 9. The summed E-state index contributed by atoms with van der Waals surface area (Å²) in [5.41, 5.74) is 1.60. The molecule has 200 valence electrons. The van der Waals surface area contributed by atoms with Gasteiger partial charge in [-0.2, -0.15) is 28.5 Å². The fourth-order valence-corrected chi connectivity index (χ4v) is 4.37. The van der Waals surface area contributed by atoms with E-state index < -0.39 is 23.7 Å². The number of carbonyl (C=O) groups excluding carboxylic acids is 1. The number of aromatic nitrogens is 7. The van der Waals surface area contributed by atoms with E-state index >= 15 is 0 Å². The van der Waals surface area contributed by atoms with E-state index in [-0.39, 0.29) is 29.3 Å². The summed E-state index contributed by atoms with van der Waals surface area (Å²) in [7, 11) is 0. The lowest BCUT2D eigenvalue weighted by Gasteiger charge is -2.18. The molecular weight excluding hydrogens is 535 g/mol. The van der Waals surface area contributed by atoms with Gasteiger partial charge in [0.05, 0.1) is 30.8 Å². The monoisotopic (exact) mass is 555 g/mol. The number of hydrogen-bond donors (Lipinski definition) is 0. The Kier molecular flexibility index (Phi) is 7.40. The standard InChI is InChI=1S/C26H21ClF3N7O2/c1-16(39-15-17-5-3-2-4-6-17)24-19(14-31-23-12-22(27)35-36(23)24)11-20(38)9-18-10-21(26(28,29)30)25(32-13-18)37-33-7-8-34-37/h2-8,10,12-14,16H,9,11,15H2,1H3/t16-/m1/s1. The maximum Gasteiger partial charge on any atom is 0.420 e. The number of hydrogen-bond acceptors (Lipinski definition) is 7. The van der Waals surface area contributed by atoms with Crippen LogP contribution in [0.5, 0.6) is 0 Å². The molecule has 0 aliphatic rings. The Balaban J connectivity index is 1.40. The third-order valence-electron chi connectivity index (χ3n) is 5.92. The van der Waals surface area contributed by atoms with Crippen LogP contribution in [-0.2, 0) is 35.2 Å². The number of ether oxygens (including phenoxy) is 1. The van der Waals surface area contributed by atoms with Crippen molar-refractivity contribution in [1.29, 1.82) is 0 Å². The molecule has 0 fully saturated rings. The molecule has 0 saturated heterocycles. The van der Waals surface area contributed by atoms with E-state index in [9.17, 15) is 18.0 Å². The maximum absolute atomic E-state index is 13.8. The van der Waals surface area contributed by atoms with Gasteiger partial charge in [-0.15, -0.1) is 4.80 Å². The number of halogens is 4. The summed E-state index contributed by atoms with van der Waals surface area (Å²) in [6, 6.07) is 12.1. The molecular formula is C26H21ClF3N7O2. The molecule has 13 heteroatoms. The van der Waals surface area contributed by atoms with Gasteiger partial charge < -0.3 is 4.74 Å². The summed E-state index contributed by atoms with van der Waals surface area (Å²) in [5, 5.41) is 12.0. The first-order valence-electron chi connectivity index (χ1n) is 11.8. The van der Waals surface area contributed by atoms with E-state index in [1.807, 2.05) is 37.3 Å². The van der Waals surface area contributed by atoms with Crippen molar-refractivity contribution >= 4 is 23.0 Å². The Morgan fingerprint density at radius 2 is 1.77 bits per heavy atom. The van der Waals surface area contributed by atoms with Crippen LogP contribution >= 0.6 is 11.6 Å². The molecule has 0 spiro atoms. The zero-order valence-corrected chi connectivity index (χ0v) is 21.3. The molecule has 1 aromatic carbocycles. The van der Waals surface area contributed by atoms with Crippen LogP contribution in [0.25, 0.3) is 11.5 Å². The van der Waals surface area contributed by atoms with Gasteiger partial charge in [0.1, 0.15) is 11.3 Å². The van der Waals surface area contributed by atoms with Gasteiger partial charge in [-0.3, -0.25) is 4.79 Å². The summed E-state index contributed by atoms with van der Waals surface area (Å²) in [5.74, 6) is -0.814. The molecule has 0 aliphatic carbocycles. The first kappa shape index (κ1) is 26.4. The van der Waals surface area contributed by atoms with Gasteiger partial charge >= 0.3 is 6.18 Å². The van der Waals surface area contributed by atoms with Gasteiger partial charge in [0.25, 0.3) is 0 Å². The highest BCUT2D eigenvalue weighted by Gasteiger charge is 2.36. The fourth-order valence-electron chi connectivity index (χ4n) is 4.20.